The number of nitrogens with one attached hydrogen (secondary N) is 2. The second-order valence-electron chi connectivity index (χ2n) is 7.29. The van der Waals surface area contributed by atoms with Crippen molar-refractivity contribution >= 4 is 21.9 Å². The summed E-state index contributed by atoms with van der Waals surface area (Å²) in [6.45, 7) is 3.30. The number of amides is 1. The first kappa shape index (κ1) is 22.4. The molecule has 1 atom stereocenters. The Balaban J connectivity index is 1.73. The van der Waals surface area contributed by atoms with E-state index in [0.717, 1.165) is 31.2 Å². The zero-order valence-electron chi connectivity index (χ0n) is 16.6. The lowest BCUT2D eigenvalue weighted by atomic mass is 10.1. The maximum atomic E-state index is 12.2. The van der Waals surface area contributed by atoms with Gasteiger partial charge in [0, 0.05) is 12.6 Å². The zero-order valence-corrected chi connectivity index (χ0v) is 17.4. The highest BCUT2D eigenvalue weighted by molar-refractivity contribution is 7.89. The average Bonchev–Trinajstić information content (AvgIpc) is 2.90. The quantitative estimate of drug-likeness (QED) is 0.506. The molecule has 1 aliphatic rings. The molecule has 1 aromatic carbocycles. The van der Waals surface area contributed by atoms with Crippen molar-refractivity contribution < 1.29 is 22.7 Å². The Bertz CT molecular complexity index is 753. The van der Waals surface area contributed by atoms with Crippen molar-refractivity contribution in [2.45, 2.75) is 75.8 Å². The molecule has 0 saturated heterocycles. The molecule has 156 valence electrons. The van der Waals surface area contributed by atoms with Crippen LogP contribution in [-0.2, 0) is 24.3 Å². The molecule has 0 radical (unpaired) electrons. The molecule has 1 aromatic rings. The monoisotopic (exact) mass is 410 g/mol. The summed E-state index contributed by atoms with van der Waals surface area (Å²) in [5.41, 5.74) is 0.957. The number of rotatable bonds is 8. The summed E-state index contributed by atoms with van der Waals surface area (Å²) in [6.07, 6.45) is 5.43. The van der Waals surface area contributed by atoms with Gasteiger partial charge in [0.2, 0.25) is 10.0 Å². The van der Waals surface area contributed by atoms with Gasteiger partial charge in [-0.15, -0.1) is 0 Å². The van der Waals surface area contributed by atoms with Crippen LogP contribution in [0.4, 0.5) is 0 Å². The van der Waals surface area contributed by atoms with Crippen LogP contribution in [0, 0.1) is 6.92 Å². The van der Waals surface area contributed by atoms with Crippen LogP contribution in [-0.4, -0.2) is 39.0 Å². The third-order valence-electron chi connectivity index (χ3n) is 4.83. The first-order valence-electron chi connectivity index (χ1n) is 9.84. The average molecular weight is 411 g/mol. The van der Waals surface area contributed by atoms with E-state index in [0.29, 0.717) is 0 Å². The number of benzene rings is 1. The smallest absolute Gasteiger partial charge is 0.307 e. The van der Waals surface area contributed by atoms with Gasteiger partial charge >= 0.3 is 5.97 Å². The van der Waals surface area contributed by atoms with Gasteiger partial charge < -0.3 is 10.1 Å². The molecule has 2 N–H and O–H groups in total. The van der Waals surface area contributed by atoms with Crippen molar-refractivity contribution in [3.05, 3.63) is 29.8 Å². The second-order valence-corrected chi connectivity index (χ2v) is 9.06. The molecule has 2 rings (SSSR count). The van der Waals surface area contributed by atoms with Gasteiger partial charge in [0.25, 0.3) is 5.91 Å². The second kappa shape index (κ2) is 10.6. The van der Waals surface area contributed by atoms with E-state index in [9.17, 15) is 18.0 Å². The maximum Gasteiger partial charge on any atom is 0.307 e. The summed E-state index contributed by atoms with van der Waals surface area (Å²) in [6, 6.07) is 6.57. The number of hydrogen-bond acceptors (Lipinski definition) is 5. The molecule has 8 heteroatoms. The predicted molar refractivity (Wildman–Crippen MR) is 106 cm³/mol. The Morgan fingerprint density at radius 3 is 2.32 bits per heavy atom. The van der Waals surface area contributed by atoms with Crippen molar-refractivity contribution in [3.63, 3.8) is 0 Å². The highest BCUT2D eigenvalue weighted by Gasteiger charge is 2.22. The number of ether oxygens (including phenoxy) is 1. The van der Waals surface area contributed by atoms with Crippen LogP contribution >= 0.6 is 0 Å². The lowest BCUT2D eigenvalue weighted by Crippen LogP contribution is -2.42. The normalized spacial score (nSPS) is 16.8. The first-order chi connectivity index (χ1) is 13.3. The van der Waals surface area contributed by atoms with Crippen LogP contribution in [0.1, 0.15) is 57.4 Å². The van der Waals surface area contributed by atoms with Crippen molar-refractivity contribution in [1.29, 1.82) is 0 Å². The molecule has 0 spiro atoms. The van der Waals surface area contributed by atoms with Gasteiger partial charge in [0.1, 0.15) is 0 Å². The minimum atomic E-state index is -3.68. The molecule has 1 saturated carbocycles. The third-order valence-corrected chi connectivity index (χ3v) is 6.31. The van der Waals surface area contributed by atoms with Gasteiger partial charge in [0.05, 0.1) is 11.3 Å². The molecule has 1 fully saturated rings. The third kappa shape index (κ3) is 7.24. The highest BCUT2D eigenvalue weighted by atomic mass is 32.2. The minimum Gasteiger partial charge on any atom is -0.453 e. The topological polar surface area (TPSA) is 102 Å². The molecule has 0 bridgehead atoms. The van der Waals surface area contributed by atoms with Gasteiger partial charge in [-0.3, -0.25) is 9.59 Å². The summed E-state index contributed by atoms with van der Waals surface area (Å²) in [5, 5.41) is 2.94. The van der Waals surface area contributed by atoms with E-state index >= 15 is 0 Å². The van der Waals surface area contributed by atoms with Crippen molar-refractivity contribution in [1.82, 2.24) is 10.0 Å². The van der Waals surface area contributed by atoms with Crippen LogP contribution in [0.2, 0.25) is 0 Å². The molecular formula is C20H30N2O5S. The van der Waals surface area contributed by atoms with E-state index in [2.05, 4.69) is 10.0 Å². The summed E-state index contributed by atoms with van der Waals surface area (Å²) < 4.78 is 31.9. The Morgan fingerprint density at radius 2 is 1.71 bits per heavy atom. The van der Waals surface area contributed by atoms with E-state index < -0.39 is 22.1 Å². The highest BCUT2D eigenvalue weighted by Crippen LogP contribution is 2.17. The van der Waals surface area contributed by atoms with E-state index in [1.807, 2.05) is 6.92 Å². The van der Waals surface area contributed by atoms with Gasteiger partial charge in [-0.05, 0) is 38.8 Å². The Kier molecular flexibility index (Phi) is 8.44. The van der Waals surface area contributed by atoms with Crippen molar-refractivity contribution in [3.8, 4) is 0 Å². The number of aryl methyl sites for hydroxylation is 1. The molecule has 0 heterocycles. The Hall–Kier alpha value is -1.93. The van der Waals surface area contributed by atoms with E-state index in [1.165, 1.54) is 31.9 Å². The summed E-state index contributed by atoms with van der Waals surface area (Å²) in [5.74, 6) is -0.921. The summed E-state index contributed by atoms with van der Waals surface area (Å²) >= 11 is 0. The molecule has 0 aliphatic heterocycles. The molecule has 1 amide bonds. The lowest BCUT2D eigenvalue weighted by molar-refractivity contribution is -0.154. The standard InChI is InChI=1S/C20H30N2O5S/c1-15-9-11-18(12-10-15)28(25,26)21-14-13-19(23)27-16(2)20(24)22-17-7-5-3-4-6-8-17/h9-12,16-17,21H,3-8,13-14H2,1-2H3,(H,22,24)/t16-/m1/s1. The van der Waals surface area contributed by atoms with E-state index in [4.69, 9.17) is 4.74 Å². The van der Waals surface area contributed by atoms with Gasteiger partial charge in [-0.2, -0.15) is 0 Å². The van der Waals surface area contributed by atoms with Gasteiger partial charge in [0.15, 0.2) is 6.10 Å². The zero-order chi connectivity index (χ0) is 20.6. The van der Waals surface area contributed by atoms with Crippen molar-refractivity contribution in [2.75, 3.05) is 6.54 Å². The number of sulfonamides is 1. The number of hydrogen-bond donors (Lipinski definition) is 2. The molecule has 0 aromatic heterocycles. The number of carbonyl (C=O) groups excluding carboxylic acids is 2. The van der Waals surface area contributed by atoms with Crippen LogP contribution in [0.3, 0.4) is 0 Å². The molecule has 0 unspecified atom stereocenters. The van der Waals surface area contributed by atoms with Crippen LogP contribution in [0.15, 0.2) is 29.2 Å². The van der Waals surface area contributed by atoms with Crippen molar-refractivity contribution in [2.24, 2.45) is 0 Å². The molecular weight excluding hydrogens is 380 g/mol. The van der Waals surface area contributed by atoms with Crippen LogP contribution < -0.4 is 10.0 Å². The summed E-state index contributed by atoms with van der Waals surface area (Å²) in [4.78, 5) is 24.3. The van der Waals surface area contributed by atoms with Gasteiger partial charge in [-0.1, -0.05) is 43.4 Å². The molecule has 7 nitrogen and oxygen atoms in total. The SMILES string of the molecule is Cc1ccc(S(=O)(=O)NCCC(=O)O[C@H](C)C(=O)NC2CCCCCC2)cc1. The fourth-order valence-corrected chi connectivity index (χ4v) is 4.17. The van der Waals surface area contributed by atoms with E-state index in [1.54, 1.807) is 12.1 Å². The predicted octanol–water partition coefficient (Wildman–Crippen LogP) is 2.43. The first-order valence-corrected chi connectivity index (χ1v) is 11.3. The minimum absolute atomic E-state index is 0.0913. The molecule has 28 heavy (non-hydrogen) atoms. The van der Waals surface area contributed by atoms with Gasteiger partial charge in [-0.25, -0.2) is 13.1 Å². The van der Waals surface area contributed by atoms with Crippen LogP contribution in [0.25, 0.3) is 0 Å². The molecule has 1 aliphatic carbocycles. The fraction of sp³-hybridized carbons (Fsp3) is 0.600. The largest absolute Gasteiger partial charge is 0.453 e. The number of carbonyl (C=O) groups is 2. The maximum absolute atomic E-state index is 12.2. The summed E-state index contributed by atoms with van der Waals surface area (Å²) in [7, 11) is -3.68. The van der Waals surface area contributed by atoms with Crippen LogP contribution in [0.5, 0.6) is 0 Å². The Labute approximate surface area is 167 Å². The number of esters is 1. The lowest BCUT2D eigenvalue weighted by Gasteiger charge is -2.19. The fourth-order valence-electron chi connectivity index (χ4n) is 3.14. The van der Waals surface area contributed by atoms with E-state index in [-0.39, 0.29) is 29.8 Å². The Morgan fingerprint density at radius 1 is 1.11 bits per heavy atom.